The number of ketones is 1. The molecule has 0 aliphatic carbocycles. The summed E-state index contributed by atoms with van der Waals surface area (Å²) in [6.07, 6.45) is 0.289. The maximum absolute atomic E-state index is 12.7. The minimum absolute atomic E-state index is 0.147. The number of carbonyl (C=O) groups is 3. The Hall–Kier alpha value is -2.22. The highest BCUT2D eigenvalue weighted by atomic mass is 127. The van der Waals surface area contributed by atoms with E-state index in [1.807, 2.05) is 34.7 Å². The van der Waals surface area contributed by atoms with Crippen LogP contribution in [0.5, 0.6) is 5.75 Å². The third-order valence-electron chi connectivity index (χ3n) is 4.23. The van der Waals surface area contributed by atoms with Crippen molar-refractivity contribution in [3.63, 3.8) is 0 Å². The third-order valence-corrected chi connectivity index (χ3v) is 4.98. The summed E-state index contributed by atoms with van der Waals surface area (Å²) in [5.41, 5.74) is 1.57. The zero-order chi connectivity index (χ0) is 18.0. The fourth-order valence-electron chi connectivity index (χ4n) is 2.91. The van der Waals surface area contributed by atoms with Crippen molar-refractivity contribution in [3.05, 3.63) is 65.2 Å². The number of hydrogen-bond donors (Lipinski definition) is 0. The molecule has 1 heterocycles. The molecule has 0 bridgehead atoms. The summed E-state index contributed by atoms with van der Waals surface area (Å²) in [6, 6.07) is 13.1. The minimum atomic E-state index is -0.808. The quantitative estimate of drug-likeness (QED) is 0.387. The maximum Gasteiger partial charge on any atom is 0.262 e. The van der Waals surface area contributed by atoms with Crippen molar-refractivity contribution in [2.24, 2.45) is 0 Å². The van der Waals surface area contributed by atoms with Crippen LogP contribution in [0.15, 0.2) is 48.5 Å². The number of nitrogens with zero attached hydrogens (tertiary/aromatic N) is 1. The molecule has 1 aliphatic heterocycles. The van der Waals surface area contributed by atoms with Crippen LogP contribution < -0.4 is 4.74 Å². The molecule has 0 fully saturated rings. The fourth-order valence-corrected chi connectivity index (χ4v) is 3.42. The molecule has 0 saturated carbocycles. The Bertz CT molecular complexity index is 797. The van der Waals surface area contributed by atoms with Crippen LogP contribution in [0.25, 0.3) is 0 Å². The Labute approximate surface area is 159 Å². The Balaban J connectivity index is 1.93. The second-order valence-electron chi connectivity index (χ2n) is 5.69. The van der Waals surface area contributed by atoms with E-state index in [-0.39, 0.29) is 16.6 Å². The van der Waals surface area contributed by atoms with Gasteiger partial charge in [-0.2, -0.15) is 0 Å². The predicted octanol–water partition coefficient (Wildman–Crippen LogP) is 2.91. The molecule has 1 aliphatic rings. The first-order chi connectivity index (χ1) is 12.1. The van der Waals surface area contributed by atoms with Crippen molar-refractivity contribution < 1.29 is 19.1 Å². The number of imide groups is 1. The van der Waals surface area contributed by atoms with Crippen LogP contribution in [-0.4, -0.2) is 40.1 Å². The molecule has 0 aromatic heterocycles. The number of fused-ring (bicyclic) bond motifs is 1. The summed E-state index contributed by atoms with van der Waals surface area (Å²) in [5.74, 6) is -0.248. The maximum atomic E-state index is 12.7. The molecule has 25 heavy (non-hydrogen) atoms. The number of hydrogen-bond acceptors (Lipinski definition) is 4. The number of rotatable bonds is 6. The van der Waals surface area contributed by atoms with Crippen LogP contribution >= 0.6 is 22.6 Å². The zero-order valence-corrected chi connectivity index (χ0v) is 15.7. The summed E-state index contributed by atoms with van der Waals surface area (Å²) in [5, 5.41) is 0. The van der Waals surface area contributed by atoms with Crippen molar-refractivity contribution in [1.29, 1.82) is 0 Å². The van der Waals surface area contributed by atoms with E-state index in [9.17, 15) is 14.4 Å². The molecule has 2 aromatic rings. The smallest absolute Gasteiger partial charge is 0.262 e. The van der Waals surface area contributed by atoms with E-state index in [4.69, 9.17) is 4.74 Å². The van der Waals surface area contributed by atoms with E-state index in [1.165, 1.54) is 0 Å². The molecule has 2 amide bonds. The number of alkyl halides is 1. The van der Waals surface area contributed by atoms with E-state index in [0.29, 0.717) is 16.9 Å². The van der Waals surface area contributed by atoms with Crippen LogP contribution in [0.1, 0.15) is 26.3 Å². The second-order valence-corrected chi connectivity index (χ2v) is 6.46. The summed E-state index contributed by atoms with van der Waals surface area (Å²) in [4.78, 5) is 39.0. The lowest BCUT2D eigenvalue weighted by Crippen LogP contribution is -2.46. The van der Waals surface area contributed by atoms with Gasteiger partial charge in [-0.25, -0.2) is 0 Å². The average Bonchev–Trinajstić information content (AvgIpc) is 2.91. The number of amides is 2. The average molecular weight is 449 g/mol. The number of carbonyl (C=O) groups excluding carboxylic acids is 3. The highest BCUT2D eigenvalue weighted by molar-refractivity contribution is 14.1. The molecular formula is C19H16INO4. The molecule has 0 radical (unpaired) electrons. The van der Waals surface area contributed by atoms with Gasteiger partial charge in [0.1, 0.15) is 11.8 Å². The largest absolute Gasteiger partial charge is 0.497 e. The predicted molar refractivity (Wildman–Crippen MR) is 101 cm³/mol. The standard InChI is InChI=1S/C19H16INO4/c1-25-13-8-6-12(7-9-13)10-16(17(22)11-20)21-18(23)14-4-2-3-5-15(14)19(21)24/h2-9,16H,10-11H2,1H3/t16-/m0/s1. The van der Waals surface area contributed by atoms with Crippen molar-refractivity contribution in [1.82, 2.24) is 4.90 Å². The molecule has 5 nitrogen and oxygen atoms in total. The van der Waals surface area contributed by atoms with Crippen LogP contribution in [0.3, 0.4) is 0 Å². The number of halogens is 1. The Morgan fingerprint density at radius 3 is 2.08 bits per heavy atom. The van der Waals surface area contributed by atoms with E-state index < -0.39 is 17.9 Å². The number of ether oxygens (including phenoxy) is 1. The summed E-state index contributed by atoms with van der Waals surface area (Å²) in [6.45, 7) is 0. The summed E-state index contributed by atoms with van der Waals surface area (Å²) in [7, 11) is 1.58. The van der Waals surface area contributed by atoms with Gasteiger partial charge in [-0.1, -0.05) is 46.9 Å². The van der Waals surface area contributed by atoms with Crippen molar-refractivity contribution in [3.8, 4) is 5.75 Å². The monoisotopic (exact) mass is 449 g/mol. The lowest BCUT2D eigenvalue weighted by Gasteiger charge is -2.24. The zero-order valence-electron chi connectivity index (χ0n) is 13.6. The van der Waals surface area contributed by atoms with Crippen molar-refractivity contribution >= 4 is 40.2 Å². The van der Waals surface area contributed by atoms with Gasteiger partial charge in [0.15, 0.2) is 5.78 Å². The van der Waals surface area contributed by atoms with Crippen molar-refractivity contribution in [2.45, 2.75) is 12.5 Å². The molecule has 0 saturated heterocycles. The second kappa shape index (κ2) is 7.35. The van der Waals surface area contributed by atoms with Crippen LogP contribution in [0, 0.1) is 0 Å². The number of Topliss-reactive ketones (excluding diaryl/α,β-unsaturated/α-hetero) is 1. The van der Waals surface area contributed by atoms with E-state index in [1.54, 1.807) is 43.5 Å². The van der Waals surface area contributed by atoms with E-state index in [2.05, 4.69) is 0 Å². The Kier molecular flexibility index (Phi) is 5.17. The molecule has 0 N–H and O–H groups in total. The number of methoxy groups -OCH3 is 1. The normalized spacial score (nSPS) is 14.4. The van der Waals surface area contributed by atoms with Gasteiger partial charge in [0, 0.05) is 6.42 Å². The van der Waals surface area contributed by atoms with Gasteiger partial charge in [-0.15, -0.1) is 0 Å². The molecule has 1 atom stereocenters. The van der Waals surface area contributed by atoms with Gasteiger partial charge in [0.05, 0.1) is 22.7 Å². The first-order valence-electron chi connectivity index (χ1n) is 7.75. The molecule has 0 unspecified atom stereocenters. The lowest BCUT2D eigenvalue weighted by molar-refractivity contribution is -0.120. The Morgan fingerprint density at radius 2 is 1.60 bits per heavy atom. The van der Waals surface area contributed by atoms with Gasteiger partial charge in [-0.3, -0.25) is 19.3 Å². The summed E-state index contributed by atoms with van der Waals surface area (Å²) >= 11 is 1.96. The van der Waals surface area contributed by atoms with Crippen LogP contribution in [-0.2, 0) is 11.2 Å². The topological polar surface area (TPSA) is 63.7 Å². The minimum Gasteiger partial charge on any atom is -0.497 e. The van der Waals surface area contributed by atoms with Gasteiger partial charge in [-0.05, 0) is 29.8 Å². The highest BCUT2D eigenvalue weighted by Gasteiger charge is 2.42. The Morgan fingerprint density at radius 1 is 1.04 bits per heavy atom. The van der Waals surface area contributed by atoms with E-state index in [0.717, 1.165) is 10.5 Å². The molecule has 6 heteroatoms. The molecule has 2 aromatic carbocycles. The van der Waals surface area contributed by atoms with Gasteiger partial charge in [0.2, 0.25) is 0 Å². The third kappa shape index (κ3) is 3.30. The van der Waals surface area contributed by atoms with E-state index >= 15 is 0 Å². The van der Waals surface area contributed by atoms with Crippen LogP contribution in [0.4, 0.5) is 0 Å². The molecular weight excluding hydrogens is 433 g/mol. The van der Waals surface area contributed by atoms with Gasteiger partial charge >= 0.3 is 0 Å². The van der Waals surface area contributed by atoms with Gasteiger partial charge < -0.3 is 4.74 Å². The summed E-state index contributed by atoms with van der Waals surface area (Å²) < 4.78 is 5.36. The number of benzene rings is 2. The van der Waals surface area contributed by atoms with Crippen molar-refractivity contribution in [2.75, 3.05) is 11.5 Å². The molecule has 128 valence electrons. The lowest BCUT2D eigenvalue weighted by atomic mass is 10.0. The van der Waals surface area contributed by atoms with Gasteiger partial charge in [0.25, 0.3) is 11.8 Å². The molecule has 3 rings (SSSR count). The SMILES string of the molecule is COc1ccc(C[C@@H](C(=O)CI)N2C(=O)c3ccccc3C2=O)cc1. The molecule has 0 spiro atoms. The highest BCUT2D eigenvalue weighted by Crippen LogP contribution is 2.27. The van der Waals surface area contributed by atoms with Crippen LogP contribution in [0.2, 0.25) is 0 Å². The first kappa shape index (κ1) is 17.6. The fraction of sp³-hybridized carbons (Fsp3) is 0.211. The first-order valence-corrected chi connectivity index (χ1v) is 9.28.